The molecule has 1 N–H and O–H groups in total. The summed E-state index contributed by atoms with van der Waals surface area (Å²) in [6.45, 7) is 4.24. The van der Waals surface area contributed by atoms with Crippen molar-refractivity contribution in [1.82, 2.24) is 4.98 Å². The summed E-state index contributed by atoms with van der Waals surface area (Å²) < 4.78 is 0. The quantitative estimate of drug-likeness (QED) is 0.703. The zero-order valence-corrected chi connectivity index (χ0v) is 14.6. The van der Waals surface area contributed by atoms with Crippen LogP contribution in [0.3, 0.4) is 0 Å². The van der Waals surface area contributed by atoms with E-state index >= 15 is 0 Å². The number of anilines is 1. The van der Waals surface area contributed by atoms with Gasteiger partial charge < -0.3 is 5.32 Å². The van der Waals surface area contributed by atoms with E-state index in [2.05, 4.69) is 48.4 Å². The number of rotatable bonds is 5. The first-order valence-electron chi connectivity index (χ1n) is 8.02. The number of carbonyl (C=O) groups excluding carboxylic acids is 1. The first kappa shape index (κ1) is 16.4. The molecule has 2 aromatic carbocycles. The van der Waals surface area contributed by atoms with Crippen LogP contribution in [0, 0.1) is 0 Å². The molecule has 4 heteroatoms. The van der Waals surface area contributed by atoms with Crippen molar-refractivity contribution >= 4 is 22.4 Å². The molecule has 1 amide bonds. The number of nitrogens with zero attached hydrogens (tertiary/aromatic N) is 1. The summed E-state index contributed by atoms with van der Waals surface area (Å²) in [4.78, 5) is 17.6. The number of carbonyl (C=O) groups is 1. The number of nitrogens with one attached hydrogen (secondary N) is 1. The van der Waals surface area contributed by atoms with E-state index < -0.39 is 0 Å². The molecule has 0 saturated carbocycles. The second-order valence-electron chi connectivity index (χ2n) is 6.01. The molecule has 0 aliphatic rings. The van der Waals surface area contributed by atoms with Crippen LogP contribution in [0.25, 0.3) is 11.1 Å². The van der Waals surface area contributed by atoms with Crippen molar-refractivity contribution in [3.8, 4) is 11.1 Å². The second kappa shape index (κ2) is 7.41. The first-order valence-corrected chi connectivity index (χ1v) is 8.83. The second-order valence-corrected chi connectivity index (χ2v) is 7.07. The molecule has 0 aliphatic carbocycles. The third kappa shape index (κ3) is 4.09. The third-order valence-corrected chi connectivity index (χ3v) is 4.98. The summed E-state index contributed by atoms with van der Waals surface area (Å²) in [6, 6.07) is 18.3. The fourth-order valence-corrected chi connectivity index (χ4v) is 3.24. The van der Waals surface area contributed by atoms with Gasteiger partial charge in [0.25, 0.3) is 0 Å². The van der Waals surface area contributed by atoms with Gasteiger partial charge in [0.1, 0.15) is 0 Å². The highest BCUT2D eigenvalue weighted by Crippen LogP contribution is 2.25. The highest BCUT2D eigenvalue weighted by Gasteiger charge is 2.09. The van der Waals surface area contributed by atoms with Crippen LogP contribution in [0.4, 0.5) is 5.13 Å². The largest absolute Gasteiger partial charge is 0.302 e. The van der Waals surface area contributed by atoms with Crippen molar-refractivity contribution in [2.75, 3.05) is 5.32 Å². The van der Waals surface area contributed by atoms with Crippen LogP contribution in [-0.4, -0.2) is 10.9 Å². The molecular formula is C20H20N2OS. The first-order chi connectivity index (χ1) is 11.6. The van der Waals surface area contributed by atoms with E-state index in [1.165, 1.54) is 21.8 Å². The van der Waals surface area contributed by atoms with Crippen LogP contribution in [-0.2, 0) is 11.2 Å². The molecule has 0 spiro atoms. The van der Waals surface area contributed by atoms with Crippen LogP contribution in [0.2, 0.25) is 0 Å². The topological polar surface area (TPSA) is 42.0 Å². The zero-order valence-electron chi connectivity index (χ0n) is 13.8. The molecule has 0 fully saturated rings. The normalized spacial score (nSPS) is 10.8. The molecule has 1 heterocycles. The Labute approximate surface area is 146 Å². The van der Waals surface area contributed by atoms with E-state index in [1.54, 1.807) is 0 Å². The molecule has 0 atom stereocenters. The van der Waals surface area contributed by atoms with E-state index in [0.29, 0.717) is 17.5 Å². The maximum Gasteiger partial charge on any atom is 0.230 e. The lowest BCUT2D eigenvalue weighted by molar-refractivity contribution is -0.115. The molecule has 1 aromatic heterocycles. The predicted octanol–water partition coefficient (Wildman–Crippen LogP) is 5.11. The van der Waals surface area contributed by atoms with Gasteiger partial charge in [-0.25, -0.2) is 4.98 Å². The Balaban J connectivity index is 1.62. The van der Waals surface area contributed by atoms with Crippen molar-refractivity contribution in [3.63, 3.8) is 0 Å². The van der Waals surface area contributed by atoms with Gasteiger partial charge in [-0.3, -0.25) is 4.79 Å². The van der Waals surface area contributed by atoms with Gasteiger partial charge in [-0.2, -0.15) is 0 Å². The van der Waals surface area contributed by atoms with E-state index in [9.17, 15) is 4.79 Å². The van der Waals surface area contributed by atoms with Crippen LogP contribution < -0.4 is 5.32 Å². The average molecular weight is 336 g/mol. The fraction of sp³-hybridized carbons (Fsp3) is 0.200. The average Bonchev–Trinajstić information content (AvgIpc) is 3.05. The summed E-state index contributed by atoms with van der Waals surface area (Å²) in [6.07, 6.45) is 2.19. The lowest BCUT2D eigenvalue weighted by Crippen LogP contribution is -2.14. The van der Waals surface area contributed by atoms with Crippen molar-refractivity contribution in [3.05, 3.63) is 71.2 Å². The lowest BCUT2D eigenvalue weighted by atomic mass is 10.0. The Morgan fingerprint density at radius 3 is 2.33 bits per heavy atom. The number of benzene rings is 2. The SMILES string of the molecule is CC(C)c1cnc(NC(=O)Cc2ccc(-c3ccccc3)cc2)s1. The van der Waals surface area contributed by atoms with Gasteiger partial charge >= 0.3 is 0 Å². The van der Waals surface area contributed by atoms with Gasteiger partial charge in [-0.1, -0.05) is 68.4 Å². The van der Waals surface area contributed by atoms with Gasteiger partial charge in [-0.05, 0) is 22.6 Å². The Morgan fingerprint density at radius 1 is 1.04 bits per heavy atom. The number of aromatic nitrogens is 1. The molecule has 3 nitrogen and oxygen atoms in total. The highest BCUT2D eigenvalue weighted by molar-refractivity contribution is 7.15. The summed E-state index contributed by atoms with van der Waals surface area (Å²) >= 11 is 1.54. The van der Waals surface area contributed by atoms with Crippen LogP contribution >= 0.6 is 11.3 Å². The minimum atomic E-state index is -0.0351. The Bertz CT molecular complexity index is 807. The van der Waals surface area contributed by atoms with Crippen LogP contribution in [0.1, 0.15) is 30.2 Å². The minimum Gasteiger partial charge on any atom is -0.302 e. The molecular weight excluding hydrogens is 316 g/mol. The fourth-order valence-electron chi connectivity index (χ4n) is 2.41. The van der Waals surface area contributed by atoms with Crippen molar-refractivity contribution in [1.29, 1.82) is 0 Å². The predicted molar refractivity (Wildman–Crippen MR) is 100 cm³/mol. The number of thiazole rings is 1. The monoisotopic (exact) mass is 336 g/mol. The summed E-state index contributed by atoms with van der Waals surface area (Å²) in [5, 5.41) is 3.55. The summed E-state index contributed by atoms with van der Waals surface area (Å²) in [5.41, 5.74) is 3.33. The smallest absolute Gasteiger partial charge is 0.230 e. The summed E-state index contributed by atoms with van der Waals surface area (Å²) in [7, 11) is 0. The molecule has 0 radical (unpaired) electrons. The van der Waals surface area contributed by atoms with E-state index in [0.717, 1.165) is 11.1 Å². The maximum absolute atomic E-state index is 12.2. The van der Waals surface area contributed by atoms with Gasteiger partial charge in [-0.15, -0.1) is 11.3 Å². The number of hydrogen-bond donors (Lipinski definition) is 1. The molecule has 0 bridgehead atoms. The maximum atomic E-state index is 12.2. The Hall–Kier alpha value is -2.46. The number of amides is 1. The molecule has 0 aliphatic heterocycles. The van der Waals surface area contributed by atoms with Gasteiger partial charge in [0.05, 0.1) is 6.42 Å². The zero-order chi connectivity index (χ0) is 16.9. The van der Waals surface area contributed by atoms with Crippen molar-refractivity contribution in [2.24, 2.45) is 0 Å². The molecule has 0 saturated heterocycles. The van der Waals surface area contributed by atoms with E-state index in [4.69, 9.17) is 0 Å². The third-order valence-electron chi connectivity index (χ3n) is 3.76. The molecule has 122 valence electrons. The molecule has 3 aromatic rings. The lowest BCUT2D eigenvalue weighted by Gasteiger charge is -2.05. The molecule has 24 heavy (non-hydrogen) atoms. The standard InChI is InChI=1S/C20H20N2OS/c1-14(2)18-13-21-20(24-18)22-19(23)12-15-8-10-17(11-9-15)16-6-4-3-5-7-16/h3-11,13-14H,12H2,1-2H3,(H,21,22,23). The minimum absolute atomic E-state index is 0.0351. The number of hydrogen-bond acceptors (Lipinski definition) is 3. The van der Waals surface area contributed by atoms with Crippen LogP contribution in [0.15, 0.2) is 60.8 Å². The van der Waals surface area contributed by atoms with Crippen molar-refractivity contribution < 1.29 is 4.79 Å². The van der Waals surface area contributed by atoms with E-state index in [1.807, 2.05) is 36.5 Å². The van der Waals surface area contributed by atoms with Crippen LogP contribution in [0.5, 0.6) is 0 Å². The van der Waals surface area contributed by atoms with Gasteiger partial charge in [0.15, 0.2) is 5.13 Å². The summed E-state index contributed by atoms with van der Waals surface area (Å²) in [5.74, 6) is 0.394. The highest BCUT2D eigenvalue weighted by atomic mass is 32.1. The van der Waals surface area contributed by atoms with Gasteiger partial charge in [0, 0.05) is 11.1 Å². The Morgan fingerprint density at radius 2 is 1.71 bits per heavy atom. The Kier molecular flexibility index (Phi) is 5.06. The molecule has 3 rings (SSSR count). The molecule has 0 unspecified atom stereocenters. The van der Waals surface area contributed by atoms with Gasteiger partial charge in [0.2, 0.25) is 5.91 Å². The van der Waals surface area contributed by atoms with E-state index in [-0.39, 0.29) is 5.91 Å². The van der Waals surface area contributed by atoms with Crippen molar-refractivity contribution in [2.45, 2.75) is 26.2 Å².